The van der Waals surface area contributed by atoms with Crippen LogP contribution in [0.15, 0.2) is 72.9 Å². The van der Waals surface area contributed by atoms with Crippen LogP contribution in [0.2, 0.25) is 0 Å². The number of anilines is 1. The average molecular weight is 431 g/mol. The fourth-order valence-corrected chi connectivity index (χ4v) is 3.09. The molecule has 0 radical (unpaired) electrons. The molecule has 0 unspecified atom stereocenters. The van der Waals surface area contributed by atoms with E-state index in [2.05, 4.69) is 15.6 Å². The fourth-order valence-electron chi connectivity index (χ4n) is 3.09. The molecule has 164 valence electrons. The van der Waals surface area contributed by atoms with Crippen LogP contribution < -0.4 is 10.6 Å². The van der Waals surface area contributed by atoms with Crippen LogP contribution >= 0.6 is 0 Å². The van der Waals surface area contributed by atoms with Crippen molar-refractivity contribution in [3.05, 3.63) is 84.2 Å². The second-order valence-electron chi connectivity index (χ2n) is 7.35. The Bertz CT molecular complexity index is 1050. The molecule has 0 bridgehead atoms. The number of amides is 2. The molecule has 2 aromatic carbocycles. The highest BCUT2D eigenvalue weighted by Crippen LogP contribution is 2.21. The highest BCUT2D eigenvalue weighted by molar-refractivity contribution is 5.91. The van der Waals surface area contributed by atoms with Gasteiger partial charge in [0, 0.05) is 42.5 Å². The lowest BCUT2D eigenvalue weighted by molar-refractivity contribution is -0.137. The number of nitrogens with one attached hydrogen (secondary N) is 2. The standard InChI is InChI=1S/C25H25N3O4/c29-23(7-4-8-25(31)32)28-21-12-9-19(10-13-21)20-11-14-22(26-17-20)15-24(30)27-16-18-5-2-1-3-6-18/h1-3,5-6,9-14,17H,4,7-8,15-16H2,(H,27,30)(H,28,29)(H,31,32). The maximum atomic E-state index is 12.2. The van der Waals surface area contributed by atoms with E-state index in [4.69, 9.17) is 5.11 Å². The number of pyridine rings is 1. The van der Waals surface area contributed by atoms with Crippen LogP contribution in [0.25, 0.3) is 11.1 Å². The van der Waals surface area contributed by atoms with Gasteiger partial charge in [-0.25, -0.2) is 0 Å². The molecule has 0 saturated heterocycles. The van der Waals surface area contributed by atoms with Gasteiger partial charge in [-0.1, -0.05) is 48.5 Å². The number of carboxylic acid groups (broad SMARTS) is 1. The van der Waals surface area contributed by atoms with Crippen LogP contribution in [0.1, 0.15) is 30.5 Å². The van der Waals surface area contributed by atoms with E-state index in [1.54, 1.807) is 18.3 Å². The van der Waals surface area contributed by atoms with Crippen molar-refractivity contribution in [3.63, 3.8) is 0 Å². The van der Waals surface area contributed by atoms with Gasteiger partial charge in [0.1, 0.15) is 0 Å². The lowest BCUT2D eigenvalue weighted by Gasteiger charge is -2.08. The molecule has 3 aromatic rings. The molecule has 0 atom stereocenters. The minimum atomic E-state index is -0.908. The van der Waals surface area contributed by atoms with E-state index in [1.165, 1.54) is 0 Å². The SMILES string of the molecule is O=C(O)CCCC(=O)Nc1ccc(-c2ccc(CC(=O)NCc3ccccc3)nc2)cc1. The zero-order valence-corrected chi connectivity index (χ0v) is 17.6. The lowest BCUT2D eigenvalue weighted by atomic mass is 10.1. The fraction of sp³-hybridized carbons (Fsp3) is 0.200. The molecule has 1 aromatic heterocycles. The van der Waals surface area contributed by atoms with Crippen LogP contribution in [0.5, 0.6) is 0 Å². The van der Waals surface area contributed by atoms with Gasteiger partial charge >= 0.3 is 5.97 Å². The summed E-state index contributed by atoms with van der Waals surface area (Å²) in [6.07, 6.45) is 2.38. The number of hydrogen-bond acceptors (Lipinski definition) is 4. The molecule has 0 aliphatic rings. The van der Waals surface area contributed by atoms with Crippen molar-refractivity contribution in [3.8, 4) is 11.1 Å². The molecule has 3 rings (SSSR count). The normalized spacial score (nSPS) is 10.4. The van der Waals surface area contributed by atoms with E-state index in [0.29, 0.717) is 24.3 Å². The van der Waals surface area contributed by atoms with Gasteiger partial charge in [0.2, 0.25) is 11.8 Å². The number of benzene rings is 2. The number of nitrogens with zero attached hydrogens (tertiary/aromatic N) is 1. The number of rotatable bonds is 10. The molecule has 32 heavy (non-hydrogen) atoms. The average Bonchev–Trinajstić information content (AvgIpc) is 2.79. The molecule has 0 saturated carbocycles. The van der Waals surface area contributed by atoms with E-state index >= 15 is 0 Å². The molecule has 7 nitrogen and oxygen atoms in total. The Morgan fingerprint density at radius 3 is 2.19 bits per heavy atom. The highest BCUT2D eigenvalue weighted by atomic mass is 16.4. The molecule has 1 heterocycles. The first kappa shape index (κ1) is 22.7. The molecule has 0 aliphatic heterocycles. The van der Waals surface area contributed by atoms with Crippen LogP contribution in [0.3, 0.4) is 0 Å². The van der Waals surface area contributed by atoms with E-state index in [0.717, 1.165) is 16.7 Å². The largest absolute Gasteiger partial charge is 0.481 e. The molecular weight excluding hydrogens is 406 g/mol. The smallest absolute Gasteiger partial charge is 0.303 e. The first-order chi connectivity index (χ1) is 15.5. The molecule has 2 amide bonds. The number of aliphatic carboxylic acids is 1. The topological polar surface area (TPSA) is 108 Å². The number of carbonyl (C=O) groups excluding carboxylic acids is 2. The van der Waals surface area contributed by atoms with E-state index < -0.39 is 5.97 Å². The Morgan fingerprint density at radius 1 is 0.812 bits per heavy atom. The summed E-state index contributed by atoms with van der Waals surface area (Å²) in [5, 5.41) is 14.3. The Hall–Kier alpha value is -4.00. The minimum absolute atomic E-state index is 0.0238. The number of aromatic nitrogens is 1. The first-order valence-corrected chi connectivity index (χ1v) is 10.4. The van der Waals surface area contributed by atoms with Crippen molar-refractivity contribution in [1.82, 2.24) is 10.3 Å². The third kappa shape index (κ3) is 7.36. The quantitative estimate of drug-likeness (QED) is 0.452. The van der Waals surface area contributed by atoms with E-state index in [1.807, 2.05) is 54.6 Å². The maximum absolute atomic E-state index is 12.2. The molecule has 0 spiro atoms. The van der Waals surface area contributed by atoms with Crippen LogP contribution in [-0.2, 0) is 27.3 Å². The zero-order chi connectivity index (χ0) is 22.8. The molecular formula is C25H25N3O4. The van der Waals surface area contributed by atoms with E-state index in [9.17, 15) is 14.4 Å². The van der Waals surface area contributed by atoms with Crippen LogP contribution in [0, 0.1) is 0 Å². The van der Waals surface area contributed by atoms with Crippen molar-refractivity contribution in [2.24, 2.45) is 0 Å². The summed E-state index contributed by atoms with van der Waals surface area (Å²) in [7, 11) is 0. The van der Waals surface area contributed by atoms with E-state index in [-0.39, 0.29) is 31.1 Å². The lowest BCUT2D eigenvalue weighted by Crippen LogP contribution is -2.24. The second kappa shape index (κ2) is 11.4. The summed E-state index contributed by atoms with van der Waals surface area (Å²) in [5.41, 5.74) is 4.21. The van der Waals surface area contributed by atoms with Gasteiger partial charge in [0.25, 0.3) is 0 Å². The molecule has 0 aliphatic carbocycles. The molecule has 3 N–H and O–H groups in total. The van der Waals surface area contributed by atoms with Crippen molar-refractivity contribution in [1.29, 1.82) is 0 Å². The Kier molecular flexibility index (Phi) is 8.09. The van der Waals surface area contributed by atoms with Crippen LogP contribution in [0.4, 0.5) is 5.69 Å². The van der Waals surface area contributed by atoms with Gasteiger partial charge in [0.05, 0.1) is 6.42 Å². The maximum Gasteiger partial charge on any atom is 0.303 e. The molecule has 0 fully saturated rings. The zero-order valence-electron chi connectivity index (χ0n) is 17.6. The van der Waals surface area contributed by atoms with Crippen molar-refractivity contribution >= 4 is 23.5 Å². The summed E-state index contributed by atoms with van der Waals surface area (Å²) in [5.74, 6) is -1.21. The first-order valence-electron chi connectivity index (χ1n) is 10.4. The predicted molar refractivity (Wildman–Crippen MR) is 122 cm³/mol. The predicted octanol–water partition coefficient (Wildman–Crippen LogP) is 3.80. The Balaban J connectivity index is 1.49. The summed E-state index contributed by atoms with van der Waals surface area (Å²) in [4.78, 5) is 38.9. The van der Waals surface area contributed by atoms with Crippen molar-refractivity contribution in [2.75, 3.05) is 5.32 Å². The molecule has 7 heteroatoms. The highest BCUT2D eigenvalue weighted by Gasteiger charge is 2.07. The van der Waals surface area contributed by atoms with Gasteiger partial charge in [-0.05, 0) is 35.7 Å². The summed E-state index contributed by atoms with van der Waals surface area (Å²) in [6, 6.07) is 20.8. The summed E-state index contributed by atoms with van der Waals surface area (Å²) >= 11 is 0. The van der Waals surface area contributed by atoms with Gasteiger partial charge < -0.3 is 15.7 Å². The van der Waals surface area contributed by atoms with Crippen molar-refractivity contribution < 1.29 is 19.5 Å². The number of carboxylic acids is 1. The van der Waals surface area contributed by atoms with Crippen molar-refractivity contribution in [2.45, 2.75) is 32.2 Å². The third-order valence-electron chi connectivity index (χ3n) is 4.80. The monoisotopic (exact) mass is 431 g/mol. The van der Waals surface area contributed by atoms with Gasteiger partial charge in [-0.3, -0.25) is 19.4 Å². The minimum Gasteiger partial charge on any atom is -0.481 e. The van der Waals surface area contributed by atoms with Gasteiger partial charge in [-0.2, -0.15) is 0 Å². The summed E-state index contributed by atoms with van der Waals surface area (Å²) < 4.78 is 0. The second-order valence-corrected chi connectivity index (χ2v) is 7.35. The third-order valence-corrected chi connectivity index (χ3v) is 4.80. The van der Waals surface area contributed by atoms with Gasteiger partial charge in [0.15, 0.2) is 0 Å². The Morgan fingerprint density at radius 2 is 1.53 bits per heavy atom. The number of carbonyl (C=O) groups is 3. The van der Waals surface area contributed by atoms with Gasteiger partial charge in [-0.15, -0.1) is 0 Å². The Labute approximate surface area is 186 Å². The summed E-state index contributed by atoms with van der Waals surface area (Å²) in [6.45, 7) is 0.486. The van der Waals surface area contributed by atoms with Crippen LogP contribution in [-0.4, -0.2) is 27.9 Å². The number of hydrogen-bond donors (Lipinski definition) is 3.